The molecule has 3 heterocycles. The molecule has 0 saturated heterocycles. The molecule has 0 bridgehead atoms. The molecule has 1 unspecified atom stereocenters. The van der Waals surface area contributed by atoms with Gasteiger partial charge in [0.1, 0.15) is 0 Å². The molecule has 1 aliphatic heterocycles. The van der Waals surface area contributed by atoms with Crippen LogP contribution in [0.1, 0.15) is 10.6 Å². The normalized spacial score (nSPS) is 20.6. The maximum atomic E-state index is 5.55. The molecule has 1 atom stereocenters. The van der Waals surface area contributed by atoms with Gasteiger partial charge in [0.05, 0.1) is 18.3 Å². The summed E-state index contributed by atoms with van der Waals surface area (Å²) in [4.78, 5) is 3.83. The van der Waals surface area contributed by atoms with Crippen LogP contribution >= 0.6 is 11.3 Å². The topological polar surface area (TPSA) is 30.3 Å². The van der Waals surface area contributed by atoms with Gasteiger partial charge in [0.25, 0.3) is 0 Å². The Morgan fingerprint density at radius 3 is 3.17 bits per heavy atom. The summed E-state index contributed by atoms with van der Waals surface area (Å²) in [6.07, 6.45) is 2.09. The monoisotopic (exact) mass is 263 g/mol. The Balaban J connectivity index is 1.78. The summed E-state index contributed by atoms with van der Waals surface area (Å²) in [6, 6.07) is 6.39. The van der Waals surface area contributed by atoms with E-state index in [4.69, 9.17) is 4.74 Å². The Bertz CT molecular complexity index is 494. The van der Waals surface area contributed by atoms with E-state index in [1.807, 2.05) is 17.5 Å². The molecule has 0 aliphatic carbocycles. The molecule has 0 spiro atoms. The standard InChI is InChI=1S/C13H17N3OS/c1-17-12-8-15(10-13-3-2-6-18-13)7-11-4-5-14-16(11)9-12/h2-6,12H,7-10H2,1H3. The lowest BCUT2D eigenvalue weighted by molar-refractivity contribution is 0.0550. The lowest BCUT2D eigenvalue weighted by Crippen LogP contribution is -2.31. The van der Waals surface area contributed by atoms with Gasteiger partial charge in [-0.25, -0.2) is 0 Å². The molecule has 5 heteroatoms. The van der Waals surface area contributed by atoms with E-state index in [0.29, 0.717) is 0 Å². The first-order valence-electron chi connectivity index (χ1n) is 6.13. The first-order valence-corrected chi connectivity index (χ1v) is 7.01. The maximum absolute atomic E-state index is 5.55. The van der Waals surface area contributed by atoms with E-state index in [-0.39, 0.29) is 6.10 Å². The summed E-state index contributed by atoms with van der Waals surface area (Å²) in [6.45, 7) is 3.73. The number of thiophene rings is 1. The molecule has 4 nitrogen and oxygen atoms in total. The van der Waals surface area contributed by atoms with Crippen molar-refractivity contribution in [2.24, 2.45) is 0 Å². The molecule has 0 N–H and O–H groups in total. The van der Waals surface area contributed by atoms with Crippen LogP contribution in [-0.4, -0.2) is 34.4 Å². The van der Waals surface area contributed by atoms with Crippen LogP contribution in [0.15, 0.2) is 29.8 Å². The second kappa shape index (κ2) is 5.22. The molecular formula is C13H17N3OS. The number of hydrogen-bond acceptors (Lipinski definition) is 4. The average Bonchev–Trinajstić information content (AvgIpc) is 2.98. The third-order valence-electron chi connectivity index (χ3n) is 3.32. The van der Waals surface area contributed by atoms with Gasteiger partial charge >= 0.3 is 0 Å². The van der Waals surface area contributed by atoms with Crippen molar-refractivity contribution in [3.63, 3.8) is 0 Å². The van der Waals surface area contributed by atoms with Gasteiger partial charge in [0, 0.05) is 37.8 Å². The highest BCUT2D eigenvalue weighted by molar-refractivity contribution is 7.09. The van der Waals surface area contributed by atoms with Crippen LogP contribution in [0.3, 0.4) is 0 Å². The number of aromatic nitrogens is 2. The van der Waals surface area contributed by atoms with Crippen LogP contribution in [0.2, 0.25) is 0 Å². The van der Waals surface area contributed by atoms with E-state index >= 15 is 0 Å². The highest BCUT2D eigenvalue weighted by atomic mass is 32.1. The molecule has 1 aliphatic rings. The SMILES string of the molecule is COC1CN(Cc2cccs2)Cc2ccnn2C1. The Kier molecular flexibility index (Phi) is 3.45. The number of fused-ring (bicyclic) bond motifs is 1. The quantitative estimate of drug-likeness (QED) is 0.848. The summed E-state index contributed by atoms with van der Waals surface area (Å²) in [5, 5.41) is 6.49. The number of methoxy groups -OCH3 is 1. The van der Waals surface area contributed by atoms with Gasteiger partial charge in [-0.05, 0) is 17.5 Å². The Morgan fingerprint density at radius 2 is 2.39 bits per heavy atom. The van der Waals surface area contributed by atoms with Crippen molar-refractivity contribution >= 4 is 11.3 Å². The Hall–Kier alpha value is -1.17. The van der Waals surface area contributed by atoms with Crippen molar-refractivity contribution in [3.05, 3.63) is 40.3 Å². The van der Waals surface area contributed by atoms with E-state index in [2.05, 4.69) is 38.3 Å². The van der Waals surface area contributed by atoms with Gasteiger partial charge in [-0.1, -0.05) is 6.07 Å². The van der Waals surface area contributed by atoms with Crippen LogP contribution in [0.25, 0.3) is 0 Å². The van der Waals surface area contributed by atoms with Crippen LogP contribution < -0.4 is 0 Å². The molecule has 0 fully saturated rings. The summed E-state index contributed by atoms with van der Waals surface area (Å²) in [5.74, 6) is 0. The van der Waals surface area contributed by atoms with E-state index in [1.165, 1.54) is 10.6 Å². The maximum Gasteiger partial charge on any atom is 0.0894 e. The molecule has 3 rings (SSSR count). The van der Waals surface area contributed by atoms with Crippen LogP contribution in [-0.2, 0) is 24.4 Å². The zero-order chi connectivity index (χ0) is 12.4. The summed E-state index contributed by atoms with van der Waals surface area (Å²) in [5.41, 5.74) is 1.27. The Morgan fingerprint density at radius 1 is 1.44 bits per heavy atom. The fourth-order valence-electron chi connectivity index (χ4n) is 2.38. The van der Waals surface area contributed by atoms with Gasteiger partial charge in [-0.2, -0.15) is 5.10 Å². The molecule has 0 saturated carbocycles. The molecule has 0 radical (unpaired) electrons. The van der Waals surface area contributed by atoms with Gasteiger partial charge in [0.2, 0.25) is 0 Å². The van der Waals surface area contributed by atoms with Gasteiger partial charge in [-0.3, -0.25) is 9.58 Å². The number of hydrogen-bond donors (Lipinski definition) is 0. The fourth-order valence-corrected chi connectivity index (χ4v) is 3.13. The first kappa shape index (κ1) is 11.9. The van der Waals surface area contributed by atoms with E-state index in [1.54, 1.807) is 7.11 Å². The summed E-state index contributed by atoms with van der Waals surface area (Å²) in [7, 11) is 1.78. The summed E-state index contributed by atoms with van der Waals surface area (Å²) >= 11 is 1.81. The van der Waals surface area contributed by atoms with Crippen molar-refractivity contribution < 1.29 is 4.74 Å². The van der Waals surface area contributed by atoms with Crippen molar-refractivity contribution in [2.75, 3.05) is 13.7 Å². The van der Waals surface area contributed by atoms with Crippen molar-refractivity contribution in [1.29, 1.82) is 0 Å². The molecule has 2 aromatic heterocycles. The largest absolute Gasteiger partial charge is 0.378 e. The molecule has 18 heavy (non-hydrogen) atoms. The fraction of sp³-hybridized carbons (Fsp3) is 0.462. The van der Waals surface area contributed by atoms with Crippen molar-refractivity contribution in [1.82, 2.24) is 14.7 Å². The number of ether oxygens (including phenoxy) is 1. The third-order valence-corrected chi connectivity index (χ3v) is 4.18. The molecule has 96 valence electrons. The van der Waals surface area contributed by atoms with Gasteiger partial charge in [-0.15, -0.1) is 11.3 Å². The summed E-state index contributed by atoms with van der Waals surface area (Å²) < 4.78 is 7.61. The number of nitrogens with zero attached hydrogens (tertiary/aromatic N) is 3. The van der Waals surface area contributed by atoms with E-state index in [0.717, 1.165) is 26.2 Å². The van der Waals surface area contributed by atoms with Crippen molar-refractivity contribution in [2.45, 2.75) is 25.7 Å². The minimum Gasteiger partial charge on any atom is -0.378 e. The first-order chi connectivity index (χ1) is 8.85. The van der Waals surface area contributed by atoms with Crippen LogP contribution in [0.5, 0.6) is 0 Å². The predicted molar refractivity (Wildman–Crippen MR) is 71.5 cm³/mol. The average molecular weight is 263 g/mol. The van der Waals surface area contributed by atoms with E-state index < -0.39 is 0 Å². The van der Waals surface area contributed by atoms with Crippen molar-refractivity contribution in [3.8, 4) is 0 Å². The van der Waals surface area contributed by atoms with Gasteiger partial charge in [0.15, 0.2) is 0 Å². The zero-order valence-corrected chi connectivity index (χ0v) is 11.3. The van der Waals surface area contributed by atoms with Gasteiger partial charge < -0.3 is 4.74 Å². The van der Waals surface area contributed by atoms with Crippen LogP contribution in [0.4, 0.5) is 0 Å². The Labute approximate surface area is 111 Å². The van der Waals surface area contributed by atoms with Crippen LogP contribution in [0, 0.1) is 0 Å². The second-order valence-electron chi connectivity index (χ2n) is 4.61. The second-order valence-corrected chi connectivity index (χ2v) is 5.64. The zero-order valence-electron chi connectivity index (χ0n) is 10.5. The minimum absolute atomic E-state index is 0.214. The lowest BCUT2D eigenvalue weighted by Gasteiger charge is -2.22. The minimum atomic E-state index is 0.214. The third kappa shape index (κ3) is 2.48. The highest BCUT2D eigenvalue weighted by Crippen LogP contribution is 2.18. The molecule has 0 aromatic carbocycles. The highest BCUT2D eigenvalue weighted by Gasteiger charge is 2.22. The smallest absolute Gasteiger partial charge is 0.0894 e. The predicted octanol–water partition coefficient (Wildman–Crippen LogP) is 1.98. The molecule has 0 amide bonds. The molecule has 2 aromatic rings. The van der Waals surface area contributed by atoms with E-state index in [9.17, 15) is 0 Å². The lowest BCUT2D eigenvalue weighted by atomic mass is 10.3. The molecular weight excluding hydrogens is 246 g/mol. The number of rotatable bonds is 3.